The first-order valence-electron chi connectivity index (χ1n) is 46.9. The lowest BCUT2D eigenvalue weighted by Gasteiger charge is -2.20. The zero-order valence-corrected chi connectivity index (χ0v) is 87.0. The van der Waals surface area contributed by atoms with Crippen molar-refractivity contribution in [2.45, 2.75) is 130 Å². The van der Waals surface area contributed by atoms with E-state index in [0.29, 0.717) is 94.6 Å². The van der Waals surface area contributed by atoms with Crippen LogP contribution in [0, 0.1) is 17.2 Å². The quantitative estimate of drug-likeness (QED) is 0.00438. The number of ether oxygens (including phenoxy) is 7. The third-order valence-corrected chi connectivity index (χ3v) is 20.8. The Balaban J connectivity index is 0.000000899. The summed E-state index contributed by atoms with van der Waals surface area (Å²) in [6.07, 6.45) is 13.0. The summed E-state index contributed by atoms with van der Waals surface area (Å²) in [5.74, 6) is -1.02. The van der Waals surface area contributed by atoms with Crippen molar-refractivity contribution >= 4 is 141 Å². The minimum absolute atomic E-state index is 0. The van der Waals surface area contributed by atoms with E-state index in [4.69, 9.17) is 142 Å². The molecule has 2 aromatic heterocycles. The van der Waals surface area contributed by atoms with E-state index in [9.17, 15) is 38.4 Å². The molecule has 0 radical (unpaired) electrons. The van der Waals surface area contributed by atoms with Gasteiger partial charge in [-0.25, -0.2) is 34.3 Å². The van der Waals surface area contributed by atoms with Gasteiger partial charge in [0.15, 0.2) is 80.9 Å². The van der Waals surface area contributed by atoms with E-state index < -0.39 is 24.0 Å². The van der Waals surface area contributed by atoms with Crippen molar-refractivity contribution in [1.29, 1.82) is 5.41 Å². The second-order valence-electron chi connectivity index (χ2n) is 30.8. The first-order valence-corrected chi connectivity index (χ1v) is 48.9. The molecule has 2 heterocycles. The molecule has 27 N–H and O–H groups in total. The molecular formula is C99H145Cl2IN18O24S. The highest BCUT2D eigenvalue weighted by atomic mass is 127. The number of hydrogen-bond donors (Lipinski definition) is 21. The number of carbonyl (C=O) groups excluding carboxylic acids is 8. The topological polar surface area (TPSA) is 691 Å². The molecule has 6 aromatic carbocycles. The highest BCUT2D eigenvalue weighted by molar-refractivity contribution is 14.0. The number of aliphatic hydroxyl groups is 9. The van der Waals surface area contributed by atoms with Gasteiger partial charge >= 0.3 is 18.2 Å². The Morgan fingerprint density at radius 1 is 0.434 bits per heavy atom. The van der Waals surface area contributed by atoms with Gasteiger partial charge in [0.05, 0.1) is 33.0 Å². The standard InChI is InChI=1S/C25H33NO6.C22H31ClN8O5.C22H27NO5.C17H27NO4.C7H9ClN6OS.C4H11NO2.C2H6O.HI/c27-16-13-22(14-17-28)24(29)19-31-23-11-9-20(10-12-23)6-4-5-15-26-25(30)32-18-21-7-2-1-3-8-21;23-18-20(25)29-19(24)17(28-18)21(35)30-22(26)27-8-2-1-3-14-4-6-15(7-5-14)36-13-16(34)31(9-11-32)10-12-33;1-2-26-21(24)17-27-20-13-11-18(12-14-20)8-6-7-15-23-22(25)28-16-19-9-4-3-5-10-19;18-10-2-1-3-14-4-6-16(7-5-14)22-13-17(21)15(8-11-19)9-12-20;1-16-7(11)14-6(15)2-4(9)13-5(10)3(8)12-2;6-3-1-5-2-4-7;1-2-3;/h1-3,7-12,22,27-28H,4-6,13-19H2,(H,26,30);4-7,32-33H,1-3,8-13H2,(H4,24,25,29)(H3,26,27,30,35);3-5,9-14H,2,6-8,15-17H2,1H3,(H,23,25);4-7,15,19-20H,1-3,8-13,18H2;1H3,(H4,9,10,13)(H2,11,14,15);5-7H,1-4H2;3H,2H2,1H3;1H. The smallest absolute Gasteiger partial charge is 0.407 e. The zero-order chi connectivity index (χ0) is 106. The maximum atomic E-state index is 12.2. The molecule has 8 rings (SSSR count). The molecule has 0 fully saturated rings. The fourth-order valence-electron chi connectivity index (χ4n) is 12.2. The SMILES string of the molecule is CCO.CCOC(=O)COc1ccc(CCCCNC(=O)OCc2ccccc2)cc1.CSC(=N)NC(=O)c1nc(Cl)c(N)nc1N.I.NC(=NCCCCc1ccc(OCC(=O)N(CCO)CCO)cc1)NC(=O)c1nc(Cl)c(N)nc1N.NCCCCc1ccc(OCC(=O)C(CCO)CCO)cc1.O=C(NCCCCc1ccc(OCC(=O)C(CCO)CCO)cc1)OCc1ccccc1.OCCNCCO. The van der Waals surface area contributed by atoms with Gasteiger partial charge in [-0.05, 0) is 211 Å². The summed E-state index contributed by atoms with van der Waals surface area (Å²) in [4.78, 5) is 115. The van der Waals surface area contributed by atoms with Gasteiger partial charge in [0.25, 0.3) is 17.7 Å². The Morgan fingerprint density at radius 3 is 1.13 bits per heavy atom. The van der Waals surface area contributed by atoms with E-state index in [2.05, 4.69) is 51.5 Å². The Hall–Kier alpha value is -12.0. The number of esters is 1. The average molecular weight is 2200 g/mol. The van der Waals surface area contributed by atoms with Crippen molar-refractivity contribution in [2.75, 3.05) is 174 Å². The van der Waals surface area contributed by atoms with Crippen LogP contribution in [0.2, 0.25) is 10.3 Å². The molecule has 0 saturated heterocycles. The number of halogens is 3. The fraction of sp³-hybridized carbons (Fsp3) is 0.455. The molecule has 0 bridgehead atoms. The van der Waals surface area contributed by atoms with Crippen LogP contribution in [0.1, 0.15) is 145 Å². The molecular weight excluding hydrogens is 2060 g/mol. The first kappa shape index (κ1) is 131. The number of aliphatic hydroxyl groups excluding tert-OH is 9. The number of unbranched alkanes of at least 4 members (excludes halogenated alkanes) is 4. The molecule has 0 aliphatic rings. The van der Waals surface area contributed by atoms with Crippen LogP contribution in [0.5, 0.6) is 23.0 Å². The number of amidine groups is 1. The van der Waals surface area contributed by atoms with Crippen molar-refractivity contribution in [1.82, 2.24) is 51.4 Å². The summed E-state index contributed by atoms with van der Waals surface area (Å²) < 4.78 is 37.1. The Labute approximate surface area is 877 Å². The fourth-order valence-corrected chi connectivity index (χ4v) is 12.6. The number of rotatable bonds is 56. The van der Waals surface area contributed by atoms with Gasteiger partial charge < -0.3 is 140 Å². The lowest BCUT2D eigenvalue weighted by atomic mass is 9.97. The largest absolute Gasteiger partial charge is 0.486 e. The Kier molecular flexibility index (Phi) is 75.2. The Bertz CT molecular complexity index is 4920. The van der Waals surface area contributed by atoms with Crippen molar-refractivity contribution < 1.29 is 117 Å². The number of Topliss-reactive ketones (excluding diaryl/α,β-unsaturated/α-hetero) is 2. The number of ketones is 2. The van der Waals surface area contributed by atoms with Gasteiger partial charge in [0.1, 0.15) is 49.4 Å². The van der Waals surface area contributed by atoms with Crippen LogP contribution in [0.3, 0.4) is 0 Å². The second kappa shape index (κ2) is 83.2. The molecule has 0 unspecified atom stereocenters. The van der Waals surface area contributed by atoms with Crippen molar-refractivity contribution in [3.8, 4) is 23.0 Å². The predicted octanol–water partition coefficient (Wildman–Crippen LogP) is 7.49. The first-order chi connectivity index (χ1) is 69.5. The van der Waals surface area contributed by atoms with Crippen LogP contribution < -0.4 is 79.9 Å². The molecule has 0 saturated carbocycles. The molecule has 8 aromatic rings. The summed E-state index contributed by atoms with van der Waals surface area (Å²) >= 11 is 12.4. The summed E-state index contributed by atoms with van der Waals surface area (Å²) in [6, 6.07) is 49.4. The van der Waals surface area contributed by atoms with Gasteiger partial charge in [0, 0.05) is 90.7 Å². The maximum Gasteiger partial charge on any atom is 0.407 e. The number of hydrogen-bond acceptors (Lipinski definition) is 37. The van der Waals surface area contributed by atoms with Gasteiger partial charge in [-0.1, -0.05) is 144 Å². The third-order valence-electron chi connectivity index (χ3n) is 19.7. The number of nitrogens with one attached hydrogen (secondary N) is 6. The highest BCUT2D eigenvalue weighted by Gasteiger charge is 2.23. The number of benzene rings is 6. The zero-order valence-electron chi connectivity index (χ0n) is 82.3. The monoisotopic (exact) mass is 2200 g/mol. The molecule has 145 heavy (non-hydrogen) atoms. The summed E-state index contributed by atoms with van der Waals surface area (Å²) in [5, 5.41) is 97.7. The molecule has 0 atom stereocenters. The summed E-state index contributed by atoms with van der Waals surface area (Å²) in [6.45, 7) is 7.49. The predicted molar refractivity (Wildman–Crippen MR) is 569 cm³/mol. The normalized spacial score (nSPS) is 10.4. The number of guanidine groups is 1. The molecule has 0 aliphatic heterocycles. The van der Waals surface area contributed by atoms with Gasteiger partial charge in [-0.15, -0.1) is 24.0 Å². The number of thioether (sulfide) groups is 1. The molecule has 42 nitrogen and oxygen atoms in total. The summed E-state index contributed by atoms with van der Waals surface area (Å²) in [7, 11) is 0. The van der Waals surface area contributed by atoms with Crippen molar-refractivity contribution in [3.63, 3.8) is 0 Å². The van der Waals surface area contributed by atoms with Crippen LogP contribution >= 0.6 is 58.9 Å². The number of alkyl carbamates (subject to hydrolysis) is 2. The number of anilines is 4. The van der Waals surface area contributed by atoms with Crippen LogP contribution in [0.15, 0.2) is 163 Å². The second-order valence-corrected chi connectivity index (χ2v) is 32.4. The number of nitrogen functional groups attached to an aromatic ring is 4. The van der Waals surface area contributed by atoms with Crippen LogP contribution in [0.25, 0.3) is 0 Å². The van der Waals surface area contributed by atoms with E-state index in [-0.39, 0.29) is 228 Å². The van der Waals surface area contributed by atoms with E-state index in [1.807, 2.05) is 146 Å². The number of amides is 5. The van der Waals surface area contributed by atoms with Crippen LogP contribution in [-0.2, 0) is 72.3 Å². The summed E-state index contributed by atoms with van der Waals surface area (Å²) in [5.41, 5.74) is 39.4. The lowest BCUT2D eigenvalue weighted by molar-refractivity contribution is -0.145. The minimum Gasteiger partial charge on any atom is -0.486 e. The van der Waals surface area contributed by atoms with Gasteiger partial charge in [-0.3, -0.25) is 39.7 Å². The van der Waals surface area contributed by atoms with Crippen LogP contribution in [0.4, 0.5) is 32.9 Å². The number of nitrogens with two attached hydrogens (primary N) is 6. The number of nitrogens with zero attached hydrogens (tertiary/aromatic N) is 6. The van der Waals surface area contributed by atoms with Crippen LogP contribution in [-0.4, -0.2) is 280 Å². The van der Waals surface area contributed by atoms with E-state index in [1.165, 1.54) is 16.0 Å². The maximum absolute atomic E-state index is 12.2. The number of carbonyl (C=O) groups is 8. The number of aliphatic imine (C=N–C) groups is 1. The highest BCUT2D eigenvalue weighted by Crippen LogP contribution is 2.23. The van der Waals surface area contributed by atoms with E-state index in [0.717, 1.165) is 111 Å². The van der Waals surface area contributed by atoms with Crippen molar-refractivity contribution in [3.05, 3.63) is 213 Å². The number of aryl methyl sites for hydroxylation is 4. The average Bonchev–Trinajstić information content (AvgIpc) is 0.837. The van der Waals surface area contributed by atoms with Crippen molar-refractivity contribution in [2.24, 2.45) is 28.3 Å². The Morgan fingerprint density at radius 2 is 0.786 bits per heavy atom. The van der Waals surface area contributed by atoms with Gasteiger partial charge in [0.2, 0.25) is 0 Å². The third kappa shape index (κ3) is 61.8. The molecule has 46 heteroatoms. The van der Waals surface area contributed by atoms with E-state index >= 15 is 0 Å². The van der Waals surface area contributed by atoms with E-state index in [1.54, 1.807) is 32.2 Å². The van der Waals surface area contributed by atoms with Gasteiger partial charge in [-0.2, -0.15) is 0 Å². The molecule has 5 amide bonds. The molecule has 0 spiro atoms. The molecule has 802 valence electrons. The minimum atomic E-state index is -0.693. The number of aromatic nitrogens is 4. The molecule has 0 aliphatic carbocycles. The lowest BCUT2D eigenvalue weighted by Crippen LogP contribution is -2.38.